The molecule has 2 atom stereocenters. The van der Waals surface area contributed by atoms with E-state index in [1.165, 1.54) is 22.1 Å². The van der Waals surface area contributed by atoms with Crippen molar-refractivity contribution in [3.8, 4) is 5.75 Å². The number of aromatic amines is 1. The van der Waals surface area contributed by atoms with Crippen LogP contribution < -0.4 is 4.74 Å². The first-order valence-corrected chi connectivity index (χ1v) is 10.3. The molecule has 27 heavy (non-hydrogen) atoms. The highest BCUT2D eigenvalue weighted by molar-refractivity contribution is 9.10. The van der Waals surface area contributed by atoms with E-state index in [0.29, 0.717) is 12.0 Å². The van der Waals surface area contributed by atoms with Gasteiger partial charge >= 0.3 is 0 Å². The average Bonchev–Trinajstić information content (AvgIpc) is 3.11. The Morgan fingerprint density at radius 2 is 2.04 bits per heavy atom. The molecule has 0 saturated carbocycles. The molecule has 0 amide bonds. The number of nitrogens with zero attached hydrogens (tertiary/aromatic N) is 2. The molecule has 1 N–H and O–H groups in total. The van der Waals surface area contributed by atoms with E-state index in [1.807, 2.05) is 6.20 Å². The third kappa shape index (κ3) is 3.27. The van der Waals surface area contributed by atoms with Crippen LogP contribution in [0.2, 0.25) is 0 Å². The van der Waals surface area contributed by atoms with Gasteiger partial charge in [-0.3, -0.25) is 10.00 Å². The van der Waals surface area contributed by atoms with Crippen LogP contribution in [0.15, 0.2) is 41.0 Å². The van der Waals surface area contributed by atoms with E-state index >= 15 is 0 Å². The molecule has 5 heteroatoms. The zero-order chi connectivity index (χ0) is 19.1. The largest absolute Gasteiger partial charge is 0.496 e. The summed E-state index contributed by atoms with van der Waals surface area (Å²) in [6, 6.07) is 11.4. The van der Waals surface area contributed by atoms with Crippen LogP contribution in [-0.4, -0.2) is 34.8 Å². The van der Waals surface area contributed by atoms with E-state index in [4.69, 9.17) is 4.74 Å². The predicted octanol–water partition coefficient (Wildman–Crippen LogP) is 5.33. The van der Waals surface area contributed by atoms with Crippen molar-refractivity contribution in [2.75, 3.05) is 13.7 Å². The van der Waals surface area contributed by atoms with Crippen molar-refractivity contribution in [1.29, 1.82) is 0 Å². The highest BCUT2D eigenvalue weighted by Crippen LogP contribution is 2.44. The van der Waals surface area contributed by atoms with Gasteiger partial charge in [0.25, 0.3) is 0 Å². The molecule has 0 bridgehead atoms. The van der Waals surface area contributed by atoms with E-state index in [-0.39, 0.29) is 6.04 Å². The minimum atomic E-state index is 0.175. The molecule has 0 aliphatic carbocycles. The average molecular weight is 428 g/mol. The van der Waals surface area contributed by atoms with E-state index in [1.54, 1.807) is 7.11 Å². The van der Waals surface area contributed by atoms with Gasteiger partial charge in [-0.15, -0.1) is 0 Å². The predicted molar refractivity (Wildman–Crippen MR) is 113 cm³/mol. The van der Waals surface area contributed by atoms with Crippen LogP contribution in [0, 0.1) is 5.92 Å². The monoisotopic (exact) mass is 427 g/mol. The molecule has 0 saturated heterocycles. The summed E-state index contributed by atoms with van der Waals surface area (Å²) in [5.41, 5.74) is 5.10. The summed E-state index contributed by atoms with van der Waals surface area (Å²) in [6.07, 6.45) is 3.00. The molecule has 0 fully saturated rings. The lowest BCUT2D eigenvalue weighted by molar-refractivity contribution is 0.131. The molecule has 0 radical (unpaired) electrons. The minimum absolute atomic E-state index is 0.175. The number of fused-ring (bicyclic) bond motifs is 3. The molecule has 0 unspecified atom stereocenters. The molecule has 1 aliphatic heterocycles. The van der Waals surface area contributed by atoms with E-state index in [0.717, 1.165) is 28.7 Å². The SMILES string of the molecule is COc1cc(Br)ccc1[C@@H]1c2ccc3[nH]ncc3c2C[C@@H](C)N1CC(C)C. The minimum Gasteiger partial charge on any atom is -0.496 e. The standard InChI is InChI=1S/C22H26BrN3O/c1-13(2)12-26-14(3)9-18-16(7-8-20-19(18)11-24-25-20)22(26)17-6-5-15(23)10-21(17)27-4/h5-8,10-11,13-14,22H,9,12H2,1-4H3,(H,24,25)/t14-,22+/m1/s1. The van der Waals surface area contributed by atoms with Gasteiger partial charge in [-0.1, -0.05) is 41.9 Å². The number of nitrogens with one attached hydrogen (secondary N) is 1. The van der Waals surface area contributed by atoms with Gasteiger partial charge in [-0.05, 0) is 48.6 Å². The zero-order valence-corrected chi connectivity index (χ0v) is 17.9. The van der Waals surface area contributed by atoms with Crippen molar-refractivity contribution < 1.29 is 4.74 Å². The maximum atomic E-state index is 5.78. The lowest BCUT2D eigenvalue weighted by Crippen LogP contribution is -2.44. The maximum absolute atomic E-state index is 5.78. The van der Waals surface area contributed by atoms with Gasteiger partial charge in [-0.2, -0.15) is 5.10 Å². The first-order chi connectivity index (χ1) is 13.0. The maximum Gasteiger partial charge on any atom is 0.125 e. The third-order valence-electron chi connectivity index (χ3n) is 5.53. The fourth-order valence-electron chi connectivity index (χ4n) is 4.39. The molecule has 2 heterocycles. The molecule has 1 aliphatic rings. The third-order valence-corrected chi connectivity index (χ3v) is 6.02. The van der Waals surface area contributed by atoms with Crippen molar-refractivity contribution in [1.82, 2.24) is 15.1 Å². The highest BCUT2D eigenvalue weighted by Gasteiger charge is 2.36. The molecule has 2 aromatic carbocycles. The number of hydrogen-bond donors (Lipinski definition) is 1. The topological polar surface area (TPSA) is 41.1 Å². The summed E-state index contributed by atoms with van der Waals surface area (Å²) in [6.45, 7) is 7.96. The summed E-state index contributed by atoms with van der Waals surface area (Å²) in [5, 5.41) is 8.63. The summed E-state index contributed by atoms with van der Waals surface area (Å²) in [4.78, 5) is 2.63. The smallest absolute Gasteiger partial charge is 0.125 e. The lowest BCUT2D eigenvalue weighted by Gasteiger charge is -2.43. The normalized spacial score (nSPS) is 20.2. The number of methoxy groups -OCH3 is 1. The summed E-state index contributed by atoms with van der Waals surface area (Å²) in [5.74, 6) is 1.52. The van der Waals surface area contributed by atoms with Crippen molar-refractivity contribution in [2.24, 2.45) is 5.92 Å². The number of benzene rings is 2. The van der Waals surface area contributed by atoms with Gasteiger partial charge in [-0.25, -0.2) is 0 Å². The van der Waals surface area contributed by atoms with Crippen LogP contribution in [0.25, 0.3) is 10.9 Å². The number of hydrogen-bond acceptors (Lipinski definition) is 3. The Hall–Kier alpha value is -1.85. The molecule has 1 aromatic heterocycles. The fourth-order valence-corrected chi connectivity index (χ4v) is 4.73. The molecule has 4 rings (SSSR count). The van der Waals surface area contributed by atoms with E-state index in [2.05, 4.69) is 82.1 Å². The van der Waals surface area contributed by atoms with Crippen LogP contribution in [0.5, 0.6) is 5.75 Å². The van der Waals surface area contributed by atoms with Crippen molar-refractivity contribution in [3.63, 3.8) is 0 Å². The van der Waals surface area contributed by atoms with Crippen molar-refractivity contribution in [3.05, 3.63) is 57.7 Å². The quantitative estimate of drug-likeness (QED) is 0.611. The molecule has 0 spiro atoms. The van der Waals surface area contributed by atoms with Gasteiger partial charge in [0.05, 0.1) is 24.9 Å². The van der Waals surface area contributed by atoms with Crippen molar-refractivity contribution in [2.45, 2.75) is 39.3 Å². The van der Waals surface area contributed by atoms with Crippen molar-refractivity contribution >= 4 is 26.8 Å². The molecule has 3 aromatic rings. The Morgan fingerprint density at radius 3 is 2.78 bits per heavy atom. The molecule has 4 nitrogen and oxygen atoms in total. The lowest BCUT2D eigenvalue weighted by atomic mass is 9.83. The van der Waals surface area contributed by atoms with Gasteiger partial charge in [0.15, 0.2) is 0 Å². The van der Waals surface area contributed by atoms with Crippen LogP contribution in [0.1, 0.15) is 43.5 Å². The zero-order valence-electron chi connectivity index (χ0n) is 16.3. The van der Waals surface area contributed by atoms with Gasteiger partial charge in [0, 0.05) is 28.0 Å². The second-order valence-corrected chi connectivity index (χ2v) is 8.81. The van der Waals surface area contributed by atoms with Crippen LogP contribution in [-0.2, 0) is 6.42 Å². The fraction of sp³-hybridized carbons (Fsp3) is 0.409. The van der Waals surface area contributed by atoms with Gasteiger partial charge in [0.1, 0.15) is 5.75 Å². The molecule has 142 valence electrons. The Labute approximate surface area is 169 Å². The summed E-state index contributed by atoms with van der Waals surface area (Å²) >= 11 is 3.58. The van der Waals surface area contributed by atoms with E-state index < -0.39 is 0 Å². The van der Waals surface area contributed by atoms with Gasteiger partial charge < -0.3 is 4.74 Å². The first-order valence-electron chi connectivity index (χ1n) is 9.53. The van der Waals surface area contributed by atoms with Crippen LogP contribution in [0.4, 0.5) is 0 Å². The highest BCUT2D eigenvalue weighted by atomic mass is 79.9. The van der Waals surface area contributed by atoms with Gasteiger partial charge in [0.2, 0.25) is 0 Å². The number of aromatic nitrogens is 2. The Bertz CT molecular complexity index is 965. The number of halogens is 1. The Morgan fingerprint density at radius 1 is 1.26 bits per heavy atom. The summed E-state index contributed by atoms with van der Waals surface area (Å²) < 4.78 is 6.82. The first kappa shape index (κ1) is 18.5. The summed E-state index contributed by atoms with van der Waals surface area (Å²) in [7, 11) is 1.75. The van der Waals surface area contributed by atoms with Crippen LogP contribution >= 0.6 is 15.9 Å². The second-order valence-electron chi connectivity index (χ2n) is 7.90. The molecular formula is C22H26BrN3O. The van der Waals surface area contributed by atoms with Crippen LogP contribution in [0.3, 0.4) is 0 Å². The molecular weight excluding hydrogens is 402 g/mol. The second kappa shape index (κ2) is 7.28. The van der Waals surface area contributed by atoms with E-state index in [9.17, 15) is 0 Å². The Kier molecular flexibility index (Phi) is 4.99. The number of H-pyrrole nitrogens is 1. The Balaban J connectivity index is 1.94. The number of ether oxygens (including phenoxy) is 1. The number of rotatable bonds is 4.